The average molecular weight is 347 g/mol. The summed E-state index contributed by atoms with van der Waals surface area (Å²) in [6, 6.07) is 3.69. The second-order valence-electron chi connectivity index (χ2n) is 6.06. The molecule has 0 spiro atoms. The molecule has 0 aromatic carbocycles. The van der Waals surface area contributed by atoms with E-state index in [1.54, 1.807) is 6.26 Å². The van der Waals surface area contributed by atoms with E-state index in [0.29, 0.717) is 18.9 Å². The van der Waals surface area contributed by atoms with Crippen LogP contribution in [0, 0.1) is 5.92 Å². The molecule has 6 nitrogen and oxygen atoms in total. The summed E-state index contributed by atoms with van der Waals surface area (Å²) >= 11 is 1.49. The van der Waals surface area contributed by atoms with Crippen LogP contribution in [-0.2, 0) is 16.0 Å². The molecule has 24 heavy (non-hydrogen) atoms. The number of rotatable bonds is 5. The first-order valence-electron chi connectivity index (χ1n) is 8.12. The minimum Gasteiger partial charge on any atom is -0.462 e. The molecule has 0 saturated carbocycles. The minimum absolute atomic E-state index is 0.00407. The van der Waals surface area contributed by atoms with Crippen molar-refractivity contribution in [2.75, 3.05) is 19.6 Å². The van der Waals surface area contributed by atoms with Crippen LogP contribution in [0.15, 0.2) is 28.2 Å². The van der Waals surface area contributed by atoms with Crippen molar-refractivity contribution in [1.82, 2.24) is 15.2 Å². The maximum Gasteiger partial charge on any atom is 0.228 e. The van der Waals surface area contributed by atoms with E-state index in [0.717, 1.165) is 42.4 Å². The minimum atomic E-state index is 0.00407. The van der Waals surface area contributed by atoms with Crippen LogP contribution < -0.4 is 5.32 Å². The van der Waals surface area contributed by atoms with Gasteiger partial charge in [-0.25, -0.2) is 4.98 Å². The molecule has 0 aliphatic carbocycles. The molecular weight excluding hydrogens is 326 g/mol. The molecule has 1 N–H and O–H groups in total. The van der Waals surface area contributed by atoms with E-state index in [2.05, 4.69) is 10.3 Å². The van der Waals surface area contributed by atoms with Gasteiger partial charge in [0.15, 0.2) is 10.8 Å². The Morgan fingerprint density at radius 1 is 1.42 bits per heavy atom. The van der Waals surface area contributed by atoms with Crippen LogP contribution in [0.5, 0.6) is 0 Å². The van der Waals surface area contributed by atoms with Gasteiger partial charge in [0.05, 0.1) is 18.4 Å². The number of likely N-dealkylation sites (tertiary alicyclic amines) is 1. The molecule has 2 amide bonds. The Morgan fingerprint density at radius 2 is 2.21 bits per heavy atom. The number of hydrogen-bond acceptors (Lipinski definition) is 5. The summed E-state index contributed by atoms with van der Waals surface area (Å²) in [5, 5.41) is 5.57. The lowest BCUT2D eigenvalue weighted by atomic mass is 9.96. The molecule has 2 aromatic rings. The first-order chi connectivity index (χ1) is 11.6. The normalized spacial score (nSPS) is 15.5. The molecule has 0 unspecified atom stereocenters. The first kappa shape index (κ1) is 16.7. The number of hydrogen-bond donors (Lipinski definition) is 1. The van der Waals surface area contributed by atoms with Crippen LogP contribution in [0.3, 0.4) is 0 Å². The summed E-state index contributed by atoms with van der Waals surface area (Å²) in [4.78, 5) is 29.8. The fourth-order valence-electron chi connectivity index (χ4n) is 2.84. The molecule has 1 saturated heterocycles. The molecule has 2 aromatic heterocycles. The van der Waals surface area contributed by atoms with Crippen molar-refractivity contribution >= 4 is 23.2 Å². The third-order valence-corrected chi connectivity index (χ3v) is 5.13. The molecule has 1 aliphatic rings. The maximum absolute atomic E-state index is 12.4. The zero-order valence-electron chi connectivity index (χ0n) is 13.7. The van der Waals surface area contributed by atoms with Crippen LogP contribution in [0.1, 0.15) is 25.5 Å². The molecule has 128 valence electrons. The van der Waals surface area contributed by atoms with E-state index >= 15 is 0 Å². The van der Waals surface area contributed by atoms with Crippen molar-refractivity contribution in [3.05, 3.63) is 29.5 Å². The quantitative estimate of drug-likeness (QED) is 0.901. The topological polar surface area (TPSA) is 75.4 Å². The second kappa shape index (κ2) is 7.61. The number of carbonyl (C=O) groups is 2. The van der Waals surface area contributed by atoms with Gasteiger partial charge in [0, 0.05) is 31.9 Å². The summed E-state index contributed by atoms with van der Waals surface area (Å²) in [5.41, 5.74) is 0.789. The number of thiazole rings is 1. The van der Waals surface area contributed by atoms with Gasteiger partial charge in [-0.3, -0.25) is 9.59 Å². The molecule has 3 heterocycles. The van der Waals surface area contributed by atoms with Crippen molar-refractivity contribution in [2.24, 2.45) is 5.92 Å². The summed E-state index contributed by atoms with van der Waals surface area (Å²) in [7, 11) is 0. The lowest BCUT2D eigenvalue weighted by molar-refractivity contribution is -0.132. The highest BCUT2D eigenvalue weighted by molar-refractivity contribution is 7.13. The number of piperidine rings is 1. The highest BCUT2D eigenvalue weighted by Crippen LogP contribution is 2.24. The Labute approximate surface area is 144 Å². The molecule has 1 fully saturated rings. The van der Waals surface area contributed by atoms with Gasteiger partial charge in [0.2, 0.25) is 11.8 Å². The van der Waals surface area contributed by atoms with E-state index in [1.807, 2.05) is 22.4 Å². The lowest BCUT2D eigenvalue weighted by Gasteiger charge is -2.32. The largest absolute Gasteiger partial charge is 0.462 e. The zero-order chi connectivity index (χ0) is 16.9. The number of aromatic nitrogens is 1. The van der Waals surface area contributed by atoms with Crippen LogP contribution in [0.25, 0.3) is 10.8 Å². The SMILES string of the molecule is CC(=O)NCC1CCN(C(=O)Cc2csc(-c3ccco3)n2)CC1. The summed E-state index contributed by atoms with van der Waals surface area (Å²) < 4.78 is 5.33. The predicted molar refractivity (Wildman–Crippen MR) is 91.5 cm³/mol. The third kappa shape index (κ3) is 4.23. The fraction of sp³-hybridized carbons (Fsp3) is 0.471. The fourth-order valence-corrected chi connectivity index (χ4v) is 3.63. The molecule has 1 aliphatic heterocycles. The Balaban J connectivity index is 1.49. The molecule has 0 radical (unpaired) electrons. The monoisotopic (exact) mass is 347 g/mol. The first-order valence-corrected chi connectivity index (χ1v) is 9.00. The van der Waals surface area contributed by atoms with Gasteiger partial charge >= 0.3 is 0 Å². The Morgan fingerprint density at radius 3 is 2.88 bits per heavy atom. The molecule has 0 atom stereocenters. The smallest absolute Gasteiger partial charge is 0.228 e. The number of nitrogens with one attached hydrogen (secondary N) is 1. The lowest BCUT2D eigenvalue weighted by Crippen LogP contribution is -2.41. The Bertz CT molecular complexity index is 688. The average Bonchev–Trinajstić information content (AvgIpc) is 3.24. The standard InChI is InChI=1S/C17H21N3O3S/c1-12(21)18-10-13-4-6-20(7-5-13)16(22)9-14-11-24-17(19-14)15-3-2-8-23-15/h2-3,8,11,13H,4-7,9-10H2,1H3,(H,18,21). The van der Waals surface area contributed by atoms with Crippen molar-refractivity contribution in [1.29, 1.82) is 0 Å². The number of carbonyl (C=O) groups excluding carboxylic acids is 2. The van der Waals surface area contributed by atoms with E-state index in [9.17, 15) is 9.59 Å². The molecular formula is C17H21N3O3S. The number of amides is 2. The van der Waals surface area contributed by atoms with Crippen molar-refractivity contribution in [3.8, 4) is 10.8 Å². The number of furan rings is 1. The van der Waals surface area contributed by atoms with Crippen molar-refractivity contribution in [2.45, 2.75) is 26.2 Å². The molecule has 7 heteroatoms. The van der Waals surface area contributed by atoms with Gasteiger partial charge in [0.25, 0.3) is 0 Å². The van der Waals surface area contributed by atoms with Gasteiger partial charge < -0.3 is 14.6 Å². The predicted octanol–water partition coefficient (Wildman–Crippen LogP) is 2.32. The molecule has 3 rings (SSSR count). The maximum atomic E-state index is 12.4. The van der Waals surface area contributed by atoms with E-state index < -0.39 is 0 Å². The summed E-state index contributed by atoms with van der Waals surface area (Å²) in [6.45, 7) is 3.73. The van der Waals surface area contributed by atoms with Crippen LogP contribution >= 0.6 is 11.3 Å². The van der Waals surface area contributed by atoms with Crippen LogP contribution in [-0.4, -0.2) is 41.3 Å². The number of nitrogens with zero attached hydrogens (tertiary/aromatic N) is 2. The zero-order valence-corrected chi connectivity index (χ0v) is 14.5. The second-order valence-corrected chi connectivity index (χ2v) is 6.92. The highest BCUT2D eigenvalue weighted by Gasteiger charge is 2.23. The van der Waals surface area contributed by atoms with E-state index in [4.69, 9.17) is 4.42 Å². The molecule has 0 bridgehead atoms. The Hall–Kier alpha value is -2.15. The third-order valence-electron chi connectivity index (χ3n) is 4.22. The summed E-state index contributed by atoms with van der Waals surface area (Å²) in [5.74, 6) is 1.31. The van der Waals surface area contributed by atoms with Gasteiger partial charge in [-0.15, -0.1) is 11.3 Å². The highest BCUT2D eigenvalue weighted by atomic mass is 32.1. The van der Waals surface area contributed by atoms with E-state index in [-0.39, 0.29) is 11.8 Å². The van der Waals surface area contributed by atoms with Gasteiger partial charge in [-0.05, 0) is 30.9 Å². The van der Waals surface area contributed by atoms with Gasteiger partial charge in [-0.2, -0.15) is 0 Å². The Kier molecular flexibility index (Phi) is 5.30. The van der Waals surface area contributed by atoms with Crippen LogP contribution in [0.2, 0.25) is 0 Å². The van der Waals surface area contributed by atoms with Crippen molar-refractivity contribution < 1.29 is 14.0 Å². The van der Waals surface area contributed by atoms with E-state index in [1.165, 1.54) is 18.3 Å². The van der Waals surface area contributed by atoms with Gasteiger partial charge in [0.1, 0.15) is 0 Å². The summed E-state index contributed by atoms with van der Waals surface area (Å²) in [6.07, 6.45) is 3.81. The van der Waals surface area contributed by atoms with Crippen molar-refractivity contribution in [3.63, 3.8) is 0 Å². The van der Waals surface area contributed by atoms with Gasteiger partial charge in [-0.1, -0.05) is 0 Å². The van der Waals surface area contributed by atoms with Crippen LogP contribution in [0.4, 0.5) is 0 Å².